The van der Waals surface area contributed by atoms with E-state index < -0.39 is 5.83 Å². The van der Waals surface area contributed by atoms with E-state index in [9.17, 15) is 8.78 Å². The third-order valence-electron chi connectivity index (χ3n) is 2.15. The molecule has 0 N–H and O–H groups in total. The van der Waals surface area contributed by atoms with Gasteiger partial charge in [-0.2, -0.15) is 0 Å². The summed E-state index contributed by atoms with van der Waals surface area (Å²) in [6.07, 6.45) is 12.1. The first-order chi connectivity index (χ1) is 13.6. The Kier molecular flexibility index (Phi) is 37.7. The van der Waals surface area contributed by atoms with Crippen molar-refractivity contribution in [2.75, 3.05) is 0 Å². The molecule has 0 heterocycles. The lowest BCUT2D eigenvalue weighted by molar-refractivity contribution is 0.628. The van der Waals surface area contributed by atoms with Crippen LogP contribution < -0.4 is 0 Å². The van der Waals surface area contributed by atoms with Crippen molar-refractivity contribution in [2.24, 2.45) is 5.92 Å². The highest BCUT2D eigenvalue weighted by Crippen LogP contribution is 1.96. The van der Waals surface area contributed by atoms with Crippen LogP contribution in [0.25, 0.3) is 0 Å². The van der Waals surface area contributed by atoms with Crippen LogP contribution in [0, 0.1) is 23.6 Å². The van der Waals surface area contributed by atoms with E-state index in [1.165, 1.54) is 30.4 Å². The van der Waals surface area contributed by atoms with Crippen LogP contribution in [0.5, 0.6) is 0 Å². The van der Waals surface area contributed by atoms with Crippen LogP contribution in [0.3, 0.4) is 0 Å². The smallest absolute Gasteiger partial charge is 0.123 e. The van der Waals surface area contributed by atoms with Crippen LogP contribution in [-0.2, 0) is 0 Å². The molecule has 0 radical (unpaired) electrons. The minimum Gasteiger partial charge on any atom is -0.208 e. The lowest BCUT2D eigenvalue weighted by atomic mass is 10.2. The molecular formula is C26H38F2. The van der Waals surface area contributed by atoms with Crippen molar-refractivity contribution in [1.82, 2.24) is 0 Å². The van der Waals surface area contributed by atoms with Crippen LogP contribution in [0.2, 0.25) is 0 Å². The summed E-state index contributed by atoms with van der Waals surface area (Å²) >= 11 is 0. The van der Waals surface area contributed by atoms with Crippen LogP contribution in [0.15, 0.2) is 91.8 Å². The molecule has 1 aromatic carbocycles. The van der Waals surface area contributed by atoms with Gasteiger partial charge in [-0.1, -0.05) is 115 Å². The minimum atomic E-state index is -0.445. The quantitative estimate of drug-likeness (QED) is 0.350. The van der Waals surface area contributed by atoms with Crippen molar-refractivity contribution < 1.29 is 8.78 Å². The second-order valence-corrected chi connectivity index (χ2v) is 4.16. The Morgan fingerprint density at radius 2 is 1.54 bits per heavy atom. The van der Waals surface area contributed by atoms with E-state index in [4.69, 9.17) is 0 Å². The molecule has 1 aliphatic rings. The second-order valence-electron chi connectivity index (χ2n) is 4.16. The van der Waals surface area contributed by atoms with Gasteiger partial charge >= 0.3 is 0 Å². The molecule has 1 atom stereocenters. The molecule has 0 aliphatic heterocycles. The standard InChI is InChI=1S/C8H8.C6H5F.C6H7F.3C2H6/c1-8-6-4-2-3-5-7-8;7-6-4-2-1-3-5-6;1-3-4-5-6(2)7;3*1-2/h2-4,6,8H,1H3;1-5H;3-5H,1-2H2;3*1-2H3/b;;5-4-;;;. The van der Waals surface area contributed by atoms with Gasteiger partial charge in [0.15, 0.2) is 0 Å². The fourth-order valence-electron chi connectivity index (χ4n) is 1.15. The molecule has 1 unspecified atom stereocenters. The lowest BCUT2D eigenvalue weighted by Gasteiger charge is -1.86. The highest BCUT2D eigenvalue weighted by atomic mass is 19.1. The van der Waals surface area contributed by atoms with E-state index in [1.807, 2.05) is 59.8 Å². The Balaban J connectivity index is -0.000000136. The molecule has 0 spiro atoms. The Hall–Kier alpha value is -2.66. The molecule has 0 fully saturated rings. The van der Waals surface area contributed by atoms with E-state index in [0.717, 1.165) is 0 Å². The summed E-state index contributed by atoms with van der Waals surface area (Å²) in [6.45, 7) is 20.4. The zero-order chi connectivity index (χ0) is 22.6. The predicted octanol–water partition coefficient (Wildman–Crippen LogP) is 8.87. The highest BCUT2D eigenvalue weighted by molar-refractivity contribution is 5.26. The number of halogens is 2. The fraction of sp³-hybridized carbons (Fsp3) is 0.308. The zero-order valence-corrected chi connectivity index (χ0v) is 18.7. The molecule has 2 heteroatoms. The number of rotatable bonds is 2. The van der Waals surface area contributed by atoms with E-state index in [1.54, 1.807) is 18.2 Å². The van der Waals surface area contributed by atoms with Crippen molar-refractivity contribution in [2.45, 2.75) is 48.5 Å². The third-order valence-corrected chi connectivity index (χ3v) is 2.15. The van der Waals surface area contributed by atoms with Gasteiger partial charge in [0, 0.05) is 5.92 Å². The largest absolute Gasteiger partial charge is 0.208 e. The van der Waals surface area contributed by atoms with Crippen molar-refractivity contribution in [3.05, 3.63) is 97.7 Å². The maximum absolute atomic E-state index is 11.9. The van der Waals surface area contributed by atoms with Gasteiger partial charge < -0.3 is 0 Å². The summed E-state index contributed by atoms with van der Waals surface area (Å²) in [6, 6.07) is 7.94. The highest BCUT2D eigenvalue weighted by Gasteiger charge is 1.86. The molecular weight excluding hydrogens is 350 g/mol. The monoisotopic (exact) mass is 388 g/mol. The maximum atomic E-state index is 11.9. The molecule has 2 rings (SSSR count). The number of hydrogen-bond acceptors (Lipinski definition) is 0. The molecule has 1 aromatic rings. The summed E-state index contributed by atoms with van der Waals surface area (Å²) in [4.78, 5) is 0. The minimum absolute atomic E-state index is 0.178. The van der Waals surface area contributed by atoms with Gasteiger partial charge in [0.25, 0.3) is 0 Å². The Morgan fingerprint density at radius 3 is 1.89 bits per heavy atom. The summed E-state index contributed by atoms with van der Waals surface area (Å²) < 4.78 is 23.5. The second kappa shape index (κ2) is 32.0. The van der Waals surface area contributed by atoms with Crippen molar-refractivity contribution in [3.8, 4) is 11.8 Å². The first-order valence-electron chi connectivity index (χ1n) is 9.74. The summed E-state index contributed by atoms with van der Waals surface area (Å²) in [5, 5.41) is 0. The molecule has 28 heavy (non-hydrogen) atoms. The van der Waals surface area contributed by atoms with E-state index in [2.05, 4.69) is 38.0 Å². The topological polar surface area (TPSA) is 0 Å². The number of hydrogen-bond donors (Lipinski definition) is 0. The SMILES string of the molecule is C=C/C=C\C(=C)F.CC.CC.CC.CC1C#CC=CC=C1.Fc1ccccc1. The van der Waals surface area contributed by atoms with Crippen molar-refractivity contribution in [3.63, 3.8) is 0 Å². The lowest BCUT2D eigenvalue weighted by Crippen LogP contribution is -1.78. The van der Waals surface area contributed by atoms with Gasteiger partial charge in [0.05, 0.1) is 0 Å². The Bertz CT molecular complexity index is 582. The third kappa shape index (κ3) is 34.6. The van der Waals surface area contributed by atoms with E-state index >= 15 is 0 Å². The zero-order valence-electron chi connectivity index (χ0n) is 18.7. The first kappa shape index (κ1) is 33.0. The number of benzene rings is 1. The Morgan fingerprint density at radius 1 is 1.00 bits per heavy atom. The molecule has 0 aromatic heterocycles. The average Bonchev–Trinajstić information content (AvgIpc) is 3.00. The van der Waals surface area contributed by atoms with Crippen LogP contribution in [0.4, 0.5) is 8.78 Å². The summed E-state index contributed by atoms with van der Waals surface area (Å²) in [5.74, 6) is 5.72. The molecule has 0 saturated carbocycles. The van der Waals surface area contributed by atoms with Crippen molar-refractivity contribution >= 4 is 0 Å². The summed E-state index contributed by atoms with van der Waals surface area (Å²) in [5.41, 5.74) is 0. The van der Waals surface area contributed by atoms with Crippen molar-refractivity contribution in [1.29, 1.82) is 0 Å². The van der Waals surface area contributed by atoms with Crippen LogP contribution >= 0.6 is 0 Å². The van der Waals surface area contributed by atoms with Crippen LogP contribution in [0.1, 0.15) is 48.5 Å². The average molecular weight is 389 g/mol. The molecule has 0 bridgehead atoms. The Labute approximate surface area is 173 Å². The van der Waals surface area contributed by atoms with Gasteiger partial charge in [0.1, 0.15) is 11.6 Å². The molecule has 156 valence electrons. The summed E-state index contributed by atoms with van der Waals surface area (Å²) in [7, 11) is 0. The van der Waals surface area contributed by atoms with Gasteiger partial charge in [-0.3, -0.25) is 0 Å². The molecule has 1 aliphatic carbocycles. The normalized spacial score (nSPS) is 12.0. The van der Waals surface area contributed by atoms with Gasteiger partial charge in [-0.15, -0.1) is 0 Å². The molecule has 0 saturated heterocycles. The van der Waals surface area contributed by atoms with Gasteiger partial charge in [-0.25, -0.2) is 8.78 Å². The van der Waals surface area contributed by atoms with Gasteiger partial charge in [0.2, 0.25) is 0 Å². The van der Waals surface area contributed by atoms with E-state index in [0.29, 0.717) is 5.92 Å². The predicted molar refractivity (Wildman–Crippen MR) is 125 cm³/mol. The van der Waals surface area contributed by atoms with Gasteiger partial charge in [-0.05, 0) is 31.2 Å². The van der Waals surface area contributed by atoms with E-state index in [-0.39, 0.29) is 5.82 Å². The molecule has 0 nitrogen and oxygen atoms in total. The van der Waals surface area contributed by atoms with Crippen LogP contribution in [-0.4, -0.2) is 0 Å². The fourth-order valence-corrected chi connectivity index (χ4v) is 1.15. The maximum Gasteiger partial charge on any atom is 0.123 e. The molecule has 0 amide bonds. The first-order valence-corrected chi connectivity index (χ1v) is 9.74. The number of allylic oxidation sites excluding steroid dienone is 8.